The number of methoxy groups -OCH3 is 1. The summed E-state index contributed by atoms with van der Waals surface area (Å²) in [7, 11) is 1.63. The molecular weight excluding hydrogens is 306 g/mol. The Morgan fingerprint density at radius 1 is 1.29 bits per heavy atom. The lowest BCUT2D eigenvalue weighted by Gasteiger charge is -2.17. The maximum atomic E-state index is 12.7. The van der Waals surface area contributed by atoms with Gasteiger partial charge in [0.2, 0.25) is 0 Å². The van der Waals surface area contributed by atoms with Gasteiger partial charge in [0.1, 0.15) is 11.4 Å². The number of aromatic nitrogens is 2. The third-order valence-corrected chi connectivity index (χ3v) is 5.30. The van der Waals surface area contributed by atoms with Gasteiger partial charge in [-0.1, -0.05) is 0 Å². The second-order valence-corrected chi connectivity index (χ2v) is 6.67. The molecule has 1 saturated carbocycles. The number of H-pyrrole nitrogens is 1. The summed E-state index contributed by atoms with van der Waals surface area (Å²) in [5.74, 6) is 1.42. The predicted molar refractivity (Wildman–Crippen MR) is 88.7 cm³/mol. The molecule has 2 N–H and O–H groups in total. The Morgan fingerprint density at radius 3 is 2.79 bits per heavy atom. The summed E-state index contributed by atoms with van der Waals surface area (Å²) in [5, 5.41) is 17.1. The number of nitrogens with zero attached hydrogens (tertiary/aromatic N) is 2. The van der Waals surface area contributed by atoms with Crippen molar-refractivity contribution in [1.29, 1.82) is 0 Å². The molecule has 2 heterocycles. The zero-order valence-corrected chi connectivity index (χ0v) is 13.6. The van der Waals surface area contributed by atoms with Crippen molar-refractivity contribution in [2.24, 2.45) is 11.8 Å². The highest BCUT2D eigenvalue weighted by Crippen LogP contribution is 2.38. The lowest BCUT2D eigenvalue weighted by molar-refractivity contribution is 0.0746. The van der Waals surface area contributed by atoms with E-state index in [2.05, 4.69) is 10.2 Å². The van der Waals surface area contributed by atoms with Gasteiger partial charge in [0.05, 0.1) is 18.9 Å². The highest BCUT2D eigenvalue weighted by molar-refractivity contribution is 5.93. The smallest absolute Gasteiger partial charge is 0.271 e. The van der Waals surface area contributed by atoms with Gasteiger partial charge in [-0.2, -0.15) is 5.10 Å². The van der Waals surface area contributed by atoms with Gasteiger partial charge in [-0.05, 0) is 49.1 Å². The van der Waals surface area contributed by atoms with Crippen LogP contribution in [0, 0.1) is 11.8 Å². The van der Waals surface area contributed by atoms with Gasteiger partial charge < -0.3 is 14.7 Å². The molecule has 2 fully saturated rings. The van der Waals surface area contributed by atoms with E-state index in [1.54, 1.807) is 13.2 Å². The van der Waals surface area contributed by atoms with Crippen LogP contribution in [0.4, 0.5) is 0 Å². The average Bonchev–Trinajstić information content (AvgIpc) is 3.32. The third-order valence-electron chi connectivity index (χ3n) is 5.30. The van der Waals surface area contributed by atoms with Crippen LogP contribution in [0.25, 0.3) is 11.3 Å². The molecule has 6 nitrogen and oxygen atoms in total. The fourth-order valence-corrected chi connectivity index (χ4v) is 3.91. The number of aliphatic hydroxyl groups excluding tert-OH is 1. The Hall–Kier alpha value is -2.34. The first-order valence-corrected chi connectivity index (χ1v) is 8.33. The summed E-state index contributed by atoms with van der Waals surface area (Å²) in [5.41, 5.74) is 2.16. The molecule has 1 aromatic heterocycles. The molecule has 2 aliphatic rings. The van der Waals surface area contributed by atoms with Gasteiger partial charge >= 0.3 is 0 Å². The fourth-order valence-electron chi connectivity index (χ4n) is 3.91. The maximum Gasteiger partial charge on any atom is 0.271 e. The van der Waals surface area contributed by atoms with Crippen LogP contribution < -0.4 is 4.74 Å². The molecule has 3 atom stereocenters. The fraction of sp³-hybridized carbons (Fsp3) is 0.444. The molecule has 4 rings (SSSR count). The van der Waals surface area contributed by atoms with Crippen molar-refractivity contribution in [2.75, 3.05) is 20.2 Å². The topological polar surface area (TPSA) is 78.5 Å². The minimum Gasteiger partial charge on any atom is -0.497 e. The summed E-state index contributed by atoms with van der Waals surface area (Å²) in [6.45, 7) is 1.37. The summed E-state index contributed by atoms with van der Waals surface area (Å²) in [6, 6.07) is 9.36. The molecule has 1 saturated heterocycles. The SMILES string of the molecule is COc1ccc(-c2cc(C(=O)N3C[C@H]4CC[C@@H](O)[C@H]4C3)[nH]n2)cc1. The highest BCUT2D eigenvalue weighted by atomic mass is 16.5. The van der Waals surface area contributed by atoms with E-state index >= 15 is 0 Å². The number of fused-ring (bicyclic) bond motifs is 1. The van der Waals surface area contributed by atoms with Crippen molar-refractivity contribution < 1.29 is 14.6 Å². The monoisotopic (exact) mass is 327 g/mol. The summed E-state index contributed by atoms with van der Waals surface area (Å²) in [6.07, 6.45) is 1.61. The molecule has 1 aliphatic carbocycles. The number of aromatic amines is 1. The Balaban J connectivity index is 1.49. The first-order chi connectivity index (χ1) is 11.7. The Kier molecular flexibility index (Phi) is 3.76. The number of nitrogens with one attached hydrogen (secondary N) is 1. The second-order valence-electron chi connectivity index (χ2n) is 6.67. The lowest BCUT2D eigenvalue weighted by Crippen LogP contribution is -2.31. The van der Waals surface area contributed by atoms with Crippen molar-refractivity contribution >= 4 is 5.91 Å². The quantitative estimate of drug-likeness (QED) is 0.903. The molecule has 1 aliphatic heterocycles. The molecule has 0 unspecified atom stereocenters. The standard InChI is InChI=1S/C18H21N3O3/c1-24-13-5-2-11(3-6-13)15-8-16(20-19-15)18(23)21-9-12-4-7-17(22)14(12)10-21/h2-3,5-6,8,12,14,17,22H,4,7,9-10H2,1H3,(H,19,20)/t12-,14+,17-/m1/s1. The van der Waals surface area contributed by atoms with E-state index in [-0.39, 0.29) is 17.9 Å². The van der Waals surface area contributed by atoms with Crippen molar-refractivity contribution in [1.82, 2.24) is 15.1 Å². The van der Waals surface area contributed by atoms with Crippen LogP contribution in [0.1, 0.15) is 23.3 Å². The molecule has 2 aromatic rings. The molecule has 24 heavy (non-hydrogen) atoms. The van der Waals surface area contributed by atoms with Crippen LogP contribution in [0.15, 0.2) is 30.3 Å². The zero-order valence-electron chi connectivity index (χ0n) is 13.6. The van der Waals surface area contributed by atoms with E-state index < -0.39 is 0 Å². The molecular formula is C18H21N3O3. The third kappa shape index (κ3) is 2.57. The van der Waals surface area contributed by atoms with Crippen LogP contribution in [-0.2, 0) is 0 Å². The molecule has 0 radical (unpaired) electrons. The predicted octanol–water partition coefficient (Wildman–Crippen LogP) is 1.93. The van der Waals surface area contributed by atoms with Crippen LogP contribution in [-0.4, -0.2) is 52.4 Å². The molecule has 1 amide bonds. The van der Waals surface area contributed by atoms with Crippen LogP contribution in [0.2, 0.25) is 0 Å². The van der Waals surface area contributed by atoms with E-state index in [0.29, 0.717) is 18.2 Å². The lowest BCUT2D eigenvalue weighted by atomic mass is 10.00. The van der Waals surface area contributed by atoms with E-state index in [1.165, 1.54) is 0 Å². The van der Waals surface area contributed by atoms with E-state index in [4.69, 9.17) is 4.74 Å². The summed E-state index contributed by atoms with van der Waals surface area (Å²) in [4.78, 5) is 14.5. The number of hydrogen-bond donors (Lipinski definition) is 2. The minimum atomic E-state index is -0.260. The molecule has 0 bridgehead atoms. The normalized spacial score (nSPS) is 25.8. The Labute approximate surface area is 140 Å². The Bertz CT molecular complexity index is 740. The number of hydrogen-bond acceptors (Lipinski definition) is 4. The van der Waals surface area contributed by atoms with Crippen LogP contribution in [0.3, 0.4) is 0 Å². The number of carbonyl (C=O) groups is 1. The van der Waals surface area contributed by atoms with Crippen molar-refractivity contribution in [2.45, 2.75) is 18.9 Å². The molecule has 126 valence electrons. The number of carbonyl (C=O) groups excluding carboxylic acids is 1. The van der Waals surface area contributed by atoms with Gasteiger partial charge in [0.15, 0.2) is 0 Å². The second kappa shape index (κ2) is 5.94. The Morgan fingerprint density at radius 2 is 2.08 bits per heavy atom. The maximum absolute atomic E-state index is 12.7. The van der Waals surface area contributed by atoms with E-state index in [0.717, 1.165) is 36.4 Å². The van der Waals surface area contributed by atoms with Crippen molar-refractivity contribution in [3.05, 3.63) is 36.0 Å². The van der Waals surface area contributed by atoms with Gasteiger partial charge in [-0.3, -0.25) is 9.89 Å². The number of benzene rings is 1. The van der Waals surface area contributed by atoms with E-state index in [9.17, 15) is 9.90 Å². The van der Waals surface area contributed by atoms with Gasteiger partial charge in [-0.25, -0.2) is 0 Å². The van der Waals surface area contributed by atoms with E-state index in [1.807, 2.05) is 29.2 Å². The summed E-state index contributed by atoms with van der Waals surface area (Å²) >= 11 is 0. The molecule has 0 spiro atoms. The van der Waals surface area contributed by atoms with Gasteiger partial charge in [0.25, 0.3) is 5.91 Å². The number of rotatable bonds is 3. The number of likely N-dealkylation sites (tertiary alicyclic amines) is 1. The van der Waals surface area contributed by atoms with Crippen molar-refractivity contribution in [3.8, 4) is 17.0 Å². The largest absolute Gasteiger partial charge is 0.497 e. The zero-order chi connectivity index (χ0) is 16.7. The minimum absolute atomic E-state index is 0.0381. The molecule has 1 aromatic carbocycles. The van der Waals surface area contributed by atoms with Crippen molar-refractivity contribution in [3.63, 3.8) is 0 Å². The number of ether oxygens (including phenoxy) is 1. The summed E-state index contributed by atoms with van der Waals surface area (Å²) < 4.78 is 5.15. The van der Waals surface area contributed by atoms with Gasteiger partial charge in [0, 0.05) is 24.6 Å². The first kappa shape index (κ1) is 15.2. The number of aliphatic hydroxyl groups is 1. The first-order valence-electron chi connectivity index (χ1n) is 8.33. The number of amides is 1. The highest BCUT2D eigenvalue weighted by Gasteiger charge is 2.43. The van der Waals surface area contributed by atoms with Gasteiger partial charge in [-0.15, -0.1) is 0 Å². The molecule has 6 heteroatoms. The van der Waals surface area contributed by atoms with Crippen LogP contribution >= 0.6 is 0 Å². The average molecular weight is 327 g/mol. The van der Waals surface area contributed by atoms with Crippen LogP contribution in [0.5, 0.6) is 5.75 Å².